The third-order valence-electron chi connectivity index (χ3n) is 0. The molecule has 0 radical (unpaired) electrons. The van der Waals surface area contributed by atoms with Crippen molar-refractivity contribution in [3.05, 3.63) is 0 Å². The minimum absolute atomic E-state index is 0. The van der Waals surface area contributed by atoms with E-state index in [0.717, 1.165) is 49.8 Å². The molecule has 48 heteroatoms. The molecule has 0 aromatic rings. The average Bonchev–Trinajstić information content (AvgIpc) is 3.08. The van der Waals surface area contributed by atoms with Crippen LogP contribution in [-0.4, -0.2) is 152 Å². The van der Waals surface area contributed by atoms with E-state index < -0.39 is 55.8 Å². The second-order valence-corrected chi connectivity index (χ2v) is 28.9. The fourth-order valence-corrected chi connectivity index (χ4v) is 0. The van der Waals surface area contributed by atoms with E-state index in [2.05, 4.69) is 0 Å². The van der Waals surface area contributed by atoms with E-state index in [1.165, 1.54) is 0 Å². The molecule has 9 nitrogen and oxygen atoms in total. The van der Waals surface area contributed by atoms with E-state index in [4.69, 9.17) is 488 Å². The maximum Gasteiger partial charge on any atom is 0.180 e. The normalized spacial score (nSPS) is 7.50. The Morgan fingerprint density at radius 3 is 0.118 bits per heavy atom. The molecule has 0 bridgehead atoms. The number of aliphatic hydroxyl groups excluding tert-OH is 7. The van der Waals surface area contributed by atoms with Crippen LogP contribution >= 0.6 is 452 Å². The van der Waals surface area contributed by atoms with E-state index in [9.17, 15) is 0 Å². The summed E-state index contributed by atoms with van der Waals surface area (Å²) in [5.74, 6) is 0. The average molecular weight is 1810 g/mol. The van der Waals surface area contributed by atoms with Crippen molar-refractivity contribution in [2.75, 3.05) is 49.8 Å². The van der Waals surface area contributed by atoms with Gasteiger partial charge < -0.3 is 46.7 Å². The predicted octanol–water partition coefficient (Wildman–Crippen LogP) is 21.4. The van der Waals surface area contributed by atoms with E-state index in [1.807, 2.05) is 0 Å². The van der Waals surface area contributed by atoms with Gasteiger partial charge in [-0.25, -0.2) is 0 Å². The molecule has 0 fully saturated rings. The molecule has 0 aliphatic carbocycles. The Balaban J connectivity index is -0.0000000165. The van der Waals surface area contributed by atoms with E-state index in [1.54, 1.807) is 0 Å². The third kappa shape index (κ3) is 3700. The molecule has 0 rings (SSSR count). The summed E-state index contributed by atoms with van der Waals surface area (Å²) in [6.07, 6.45) is 0. The first-order valence-corrected chi connectivity index (χ1v) is 28.7. The summed E-state index contributed by atoms with van der Waals surface area (Å²) in [7, 11) is 7.00. The minimum atomic E-state index is -0.750. The van der Waals surface area contributed by atoms with Crippen LogP contribution in [0.1, 0.15) is 0 Å². The molecule has 0 aliphatic heterocycles. The van der Waals surface area contributed by atoms with Gasteiger partial charge in [0.2, 0.25) is 0 Å². The van der Waals surface area contributed by atoms with Gasteiger partial charge in [0.1, 0.15) is 0 Å². The molecule has 0 atom stereocenters. The van der Waals surface area contributed by atoms with Crippen LogP contribution in [-0.2, 0) is 0 Å². The molecule has 0 amide bonds. The summed E-state index contributed by atoms with van der Waals surface area (Å²) in [5.41, 5.74) is 0. The van der Waals surface area contributed by atoms with Crippen LogP contribution in [0.3, 0.4) is 0 Å². The second kappa shape index (κ2) is 185. The molecular formula is C20H45Cl39O9. The summed E-state index contributed by atoms with van der Waals surface area (Å²) in [6.45, 7) is 0. The Kier molecular flexibility index (Phi) is 402. The summed E-state index contributed by atoms with van der Waals surface area (Å²) in [4.78, 5) is 0. The maximum absolute atomic E-state index is 7.00. The van der Waals surface area contributed by atoms with Crippen molar-refractivity contribution in [1.29, 1.82) is 0 Å². The maximum atomic E-state index is 7.00. The van der Waals surface area contributed by atoms with Gasteiger partial charge in [-0.2, -0.15) is 0 Å². The van der Waals surface area contributed by atoms with E-state index >= 15 is 0 Å². The quantitative estimate of drug-likeness (QED) is 0.117. The van der Waals surface area contributed by atoms with Crippen LogP contribution < -0.4 is 0 Å². The number of aliphatic hydroxyl groups is 7. The molecule has 0 saturated heterocycles. The first-order chi connectivity index (χ1) is 29.5. The molecule has 0 aromatic carbocycles. The van der Waals surface area contributed by atoms with Crippen molar-refractivity contribution < 1.29 is 46.7 Å². The number of rotatable bonds is 0. The first kappa shape index (κ1) is 148. The van der Waals surface area contributed by atoms with Crippen molar-refractivity contribution in [2.45, 2.75) is 55.8 Å². The van der Waals surface area contributed by atoms with Crippen LogP contribution in [0.4, 0.5) is 0 Å². The number of hydrogen-bond donors (Lipinski definition) is 7. The van der Waals surface area contributed by atoms with Crippen LogP contribution in [0.25, 0.3) is 0 Å². The van der Waals surface area contributed by atoms with Gasteiger partial charge in [0, 0.05) is 49.8 Å². The van der Waals surface area contributed by atoms with Gasteiger partial charge in [-0.15, -0.1) is 0 Å². The Morgan fingerprint density at radius 1 is 0.118 bits per heavy atom. The molecule has 0 saturated carbocycles. The fraction of sp³-hybridized carbons (Fsp3) is 1.00. The first-order valence-electron chi connectivity index (χ1n) is 11.6. The van der Waals surface area contributed by atoms with Crippen molar-refractivity contribution >= 4 is 452 Å². The number of alkyl halides is 39. The molecule has 11 N–H and O–H groups in total. The lowest BCUT2D eigenvalue weighted by atomic mass is 11.8. The van der Waals surface area contributed by atoms with Crippen LogP contribution in [0, 0.1) is 0 Å². The zero-order valence-electron chi connectivity index (χ0n) is 33.4. The summed E-state index contributed by atoms with van der Waals surface area (Å²) < 4.78 is -9.75. The van der Waals surface area contributed by atoms with Crippen molar-refractivity contribution in [3.63, 3.8) is 0 Å². The Hall–Kier alpha value is 10.9. The number of halogens is 39. The van der Waals surface area contributed by atoms with Crippen molar-refractivity contribution in [3.8, 4) is 0 Å². The van der Waals surface area contributed by atoms with Gasteiger partial charge in [0.25, 0.3) is 0 Å². The molecule has 0 spiro atoms. The summed E-state index contributed by atoms with van der Waals surface area (Å²) in [6, 6.07) is 0. The molecule has 0 aliphatic rings. The second-order valence-electron chi connectivity index (χ2n) is 3.22. The topological polar surface area (TPSA) is 205 Å². The van der Waals surface area contributed by atoms with E-state index in [0.29, 0.717) is 0 Å². The molecule has 452 valence electrons. The largest absolute Gasteiger partial charge is 0.412 e. The van der Waals surface area contributed by atoms with Gasteiger partial charge in [0.05, 0.1) is 0 Å². The van der Waals surface area contributed by atoms with Gasteiger partial charge in [-0.1, -0.05) is 452 Å². The molecule has 0 heterocycles. The Morgan fingerprint density at radius 2 is 0.118 bits per heavy atom. The molecule has 68 heavy (non-hydrogen) atoms. The zero-order valence-corrected chi connectivity index (χ0v) is 62.9. The summed E-state index contributed by atoms with van der Waals surface area (Å²) in [5, 5.41) is 49.0. The van der Waals surface area contributed by atoms with Gasteiger partial charge >= 0.3 is 0 Å². The van der Waals surface area contributed by atoms with Gasteiger partial charge in [-0.3, -0.25) is 0 Å². The summed E-state index contributed by atoms with van der Waals surface area (Å²) >= 11 is 187. The smallest absolute Gasteiger partial charge is 0.180 e. The van der Waals surface area contributed by atoms with Gasteiger partial charge in [0.15, 0.2) is 55.8 Å². The third-order valence-corrected chi connectivity index (χ3v) is 0. The van der Waals surface area contributed by atoms with Gasteiger partial charge in [-0.05, 0) is 0 Å². The highest BCUT2D eigenvalue weighted by atomic mass is 35.6. The monoisotopic (exact) mass is 1790 g/mol. The number of hydrogen-bond acceptors (Lipinski definition) is 7. The predicted molar refractivity (Wildman–Crippen MR) is 342 cm³/mol. The van der Waals surface area contributed by atoms with Crippen molar-refractivity contribution in [1.82, 2.24) is 0 Å². The minimum Gasteiger partial charge on any atom is -0.412 e. The molecule has 0 aromatic heterocycles. The van der Waals surface area contributed by atoms with E-state index in [-0.39, 0.29) is 11.0 Å². The highest BCUT2D eigenvalue weighted by molar-refractivity contribution is 6.67. The highest BCUT2D eigenvalue weighted by Gasteiger charge is 1.83. The Bertz CT molecular complexity index is 299. The Labute approximate surface area is 595 Å². The lowest BCUT2D eigenvalue weighted by Crippen LogP contribution is -1.55. The zero-order chi connectivity index (χ0) is 60.5. The van der Waals surface area contributed by atoms with Crippen molar-refractivity contribution in [2.24, 2.45) is 0 Å². The lowest BCUT2D eigenvalue weighted by Gasteiger charge is -1.69. The SMILES string of the molecule is CO.CO.CO.CO.CO.CO.CO.ClC(Cl)Cl.ClC(Cl)Cl.ClC(Cl)Cl.ClC(Cl)Cl.ClC(Cl)Cl.ClC(Cl)Cl.ClC(Cl)Cl.ClC(Cl)Cl.ClC(Cl)Cl.ClC(Cl)Cl.ClC(Cl)Cl.ClC(Cl)Cl.ClC(Cl)Cl.O.O. The standard InChI is InChI=1S/13CHCl3.7CH4O.2H2O/c13*2-1(3)4;7*1-2;;/h13*1H;7*2H,1H3;2*1H2. The highest BCUT2D eigenvalue weighted by Crippen LogP contribution is 2.08. The van der Waals surface area contributed by atoms with Crippen LogP contribution in [0.15, 0.2) is 0 Å². The van der Waals surface area contributed by atoms with Crippen LogP contribution in [0.2, 0.25) is 0 Å². The molecule has 0 unspecified atom stereocenters. The molecular weight excluding hydrogens is 1770 g/mol. The van der Waals surface area contributed by atoms with Crippen LogP contribution in [0.5, 0.6) is 0 Å². The fourth-order valence-electron chi connectivity index (χ4n) is 0. The lowest BCUT2D eigenvalue weighted by molar-refractivity contribution is 0.399.